The van der Waals surface area contributed by atoms with Crippen LogP contribution in [0, 0.1) is 0 Å². The highest BCUT2D eigenvalue weighted by Crippen LogP contribution is 2.12. The van der Waals surface area contributed by atoms with Crippen LogP contribution in [0.1, 0.15) is 37.7 Å². The molecule has 0 heterocycles. The molecular formula is C22H34N6O7. The lowest BCUT2D eigenvalue weighted by Crippen LogP contribution is -2.54. The van der Waals surface area contributed by atoms with Crippen molar-refractivity contribution in [3.05, 3.63) is 29.8 Å². The smallest absolute Gasteiger partial charge is 0.326 e. The van der Waals surface area contributed by atoms with Crippen molar-refractivity contribution in [1.29, 1.82) is 0 Å². The molecule has 11 N–H and O–H groups in total. The van der Waals surface area contributed by atoms with Gasteiger partial charge in [-0.2, -0.15) is 0 Å². The minimum atomic E-state index is -1.36. The quantitative estimate of drug-likeness (QED) is 0.116. The van der Waals surface area contributed by atoms with Gasteiger partial charge in [0, 0.05) is 12.8 Å². The molecule has 13 heteroatoms. The SMILES string of the molecule is NCCCCC(N)C(=O)NC(Cc1ccc(O)cc1)C(=O)NCC(=O)NC(CCC(N)=O)C(=O)O. The van der Waals surface area contributed by atoms with E-state index in [1.807, 2.05) is 0 Å². The first kappa shape index (κ1) is 29.3. The number of carboxylic acid groups (broad SMARTS) is 1. The van der Waals surface area contributed by atoms with Gasteiger partial charge in [0.05, 0.1) is 12.6 Å². The summed E-state index contributed by atoms with van der Waals surface area (Å²) in [6, 6.07) is 2.70. The van der Waals surface area contributed by atoms with E-state index in [1.54, 1.807) is 12.1 Å². The lowest BCUT2D eigenvalue weighted by Gasteiger charge is -2.21. The first-order valence-electron chi connectivity index (χ1n) is 11.2. The van der Waals surface area contributed by atoms with E-state index in [0.717, 1.165) is 0 Å². The average Bonchev–Trinajstić information content (AvgIpc) is 2.80. The molecule has 3 atom stereocenters. The molecule has 1 aromatic rings. The Morgan fingerprint density at radius 1 is 0.914 bits per heavy atom. The molecule has 0 aliphatic rings. The molecule has 0 aromatic heterocycles. The number of aliphatic carboxylic acids is 1. The zero-order valence-electron chi connectivity index (χ0n) is 19.4. The van der Waals surface area contributed by atoms with E-state index in [1.165, 1.54) is 12.1 Å². The highest BCUT2D eigenvalue weighted by molar-refractivity contribution is 5.92. The number of phenolic OH excluding ortho intramolecular Hbond substituents is 1. The Bertz CT molecular complexity index is 878. The van der Waals surface area contributed by atoms with Crippen LogP contribution in [0.15, 0.2) is 24.3 Å². The lowest BCUT2D eigenvalue weighted by molar-refractivity contribution is -0.142. The van der Waals surface area contributed by atoms with Crippen LogP contribution >= 0.6 is 0 Å². The normalized spacial score (nSPS) is 13.2. The monoisotopic (exact) mass is 494 g/mol. The number of carbonyl (C=O) groups excluding carboxylic acids is 4. The summed E-state index contributed by atoms with van der Waals surface area (Å²) in [6.07, 6.45) is 1.32. The zero-order valence-corrected chi connectivity index (χ0v) is 19.4. The zero-order chi connectivity index (χ0) is 26.4. The third-order valence-electron chi connectivity index (χ3n) is 5.05. The number of benzene rings is 1. The maximum atomic E-state index is 12.8. The number of rotatable bonds is 16. The van der Waals surface area contributed by atoms with Crippen LogP contribution in [-0.2, 0) is 30.4 Å². The fraction of sp³-hybridized carbons (Fsp3) is 0.500. The molecule has 1 aromatic carbocycles. The second-order valence-electron chi connectivity index (χ2n) is 8.00. The largest absolute Gasteiger partial charge is 0.508 e. The van der Waals surface area contributed by atoms with Crippen LogP contribution in [-0.4, -0.2) is 71.0 Å². The maximum absolute atomic E-state index is 12.8. The lowest BCUT2D eigenvalue weighted by atomic mass is 10.0. The van der Waals surface area contributed by atoms with Crippen LogP contribution in [0.25, 0.3) is 0 Å². The summed E-state index contributed by atoms with van der Waals surface area (Å²) in [6.45, 7) is -0.1000. The molecule has 0 aliphatic heterocycles. The van der Waals surface area contributed by atoms with Crippen LogP contribution in [0.5, 0.6) is 5.75 Å². The van der Waals surface area contributed by atoms with Gasteiger partial charge in [0.15, 0.2) is 0 Å². The van der Waals surface area contributed by atoms with Gasteiger partial charge in [-0.15, -0.1) is 0 Å². The van der Waals surface area contributed by atoms with Crippen LogP contribution in [0.2, 0.25) is 0 Å². The highest BCUT2D eigenvalue weighted by Gasteiger charge is 2.25. The van der Waals surface area contributed by atoms with Gasteiger partial charge < -0.3 is 43.4 Å². The second-order valence-corrected chi connectivity index (χ2v) is 8.00. The molecule has 13 nitrogen and oxygen atoms in total. The highest BCUT2D eigenvalue weighted by atomic mass is 16.4. The van der Waals surface area contributed by atoms with Crippen molar-refractivity contribution in [1.82, 2.24) is 16.0 Å². The molecule has 0 radical (unpaired) electrons. The molecule has 0 saturated carbocycles. The first-order chi connectivity index (χ1) is 16.5. The standard InChI is InChI=1S/C22H34N6O7/c23-10-2-1-3-15(24)20(32)28-17(11-13-4-6-14(29)7-5-13)21(33)26-12-19(31)27-16(22(34)35)8-9-18(25)30/h4-7,15-17,29H,1-3,8-12,23-24H2,(H2,25,30)(H,26,33)(H,27,31)(H,28,32)(H,34,35). The van der Waals surface area contributed by atoms with Gasteiger partial charge in [-0.05, 0) is 43.5 Å². The van der Waals surface area contributed by atoms with E-state index in [-0.39, 0.29) is 25.0 Å². The Morgan fingerprint density at radius 2 is 1.57 bits per heavy atom. The second kappa shape index (κ2) is 15.2. The number of carboxylic acids is 1. The van der Waals surface area contributed by atoms with Gasteiger partial charge >= 0.3 is 5.97 Å². The molecule has 3 unspecified atom stereocenters. The Balaban J connectivity index is 2.79. The fourth-order valence-electron chi connectivity index (χ4n) is 3.08. The van der Waals surface area contributed by atoms with Crippen molar-refractivity contribution in [3.8, 4) is 5.75 Å². The number of nitrogens with two attached hydrogens (primary N) is 3. The van der Waals surface area contributed by atoms with Gasteiger partial charge in [0.1, 0.15) is 17.8 Å². The molecule has 1 rings (SSSR count). The van der Waals surface area contributed by atoms with Gasteiger partial charge in [0.25, 0.3) is 0 Å². The van der Waals surface area contributed by atoms with Crippen molar-refractivity contribution < 1.29 is 34.2 Å². The summed E-state index contributed by atoms with van der Waals surface area (Å²) in [5.41, 5.74) is 17.0. The van der Waals surface area contributed by atoms with Gasteiger partial charge in [-0.1, -0.05) is 18.6 Å². The Hall–Kier alpha value is -3.71. The van der Waals surface area contributed by atoms with Crippen LogP contribution < -0.4 is 33.2 Å². The van der Waals surface area contributed by atoms with Crippen LogP contribution in [0.4, 0.5) is 0 Å². The van der Waals surface area contributed by atoms with Crippen molar-refractivity contribution in [2.24, 2.45) is 17.2 Å². The molecular weight excluding hydrogens is 460 g/mol. The summed E-state index contributed by atoms with van der Waals surface area (Å²) < 4.78 is 0. The Kier molecular flexibility index (Phi) is 12.8. The van der Waals surface area contributed by atoms with Crippen LogP contribution in [0.3, 0.4) is 0 Å². The average molecular weight is 495 g/mol. The maximum Gasteiger partial charge on any atom is 0.326 e. The predicted molar refractivity (Wildman–Crippen MR) is 126 cm³/mol. The van der Waals surface area contributed by atoms with Crippen molar-refractivity contribution >= 4 is 29.6 Å². The van der Waals surface area contributed by atoms with Gasteiger partial charge in [-0.25, -0.2) is 4.79 Å². The van der Waals surface area contributed by atoms with E-state index in [2.05, 4.69) is 16.0 Å². The summed E-state index contributed by atoms with van der Waals surface area (Å²) >= 11 is 0. The first-order valence-corrected chi connectivity index (χ1v) is 11.2. The minimum Gasteiger partial charge on any atom is -0.508 e. The number of primary amides is 1. The molecule has 0 saturated heterocycles. The summed E-state index contributed by atoms with van der Waals surface area (Å²) in [5.74, 6) is -4.09. The van der Waals surface area contributed by atoms with Gasteiger partial charge in [0.2, 0.25) is 23.6 Å². The fourth-order valence-corrected chi connectivity index (χ4v) is 3.08. The minimum absolute atomic E-state index is 0.0294. The van der Waals surface area contributed by atoms with Gasteiger partial charge in [-0.3, -0.25) is 19.2 Å². The van der Waals surface area contributed by atoms with Crippen molar-refractivity contribution in [2.45, 2.75) is 56.7 Å². The molecule has 0 fully saturated rings. The number of unbranched alkanes of at least 4 members (excludes halogenated alkanes) is 1. The molecule has 0 aliphatic carbocycles. The summed E-state index contributed by atoms with van der Waals surface area (Å²) in [7, 11) is 0. The predicted octanol–water partition coefficient (Wildman–Crippen LogP) is -2.17. The van der Waals surface area contributed by atoms with E-state index in [4.69, 9.17) is 17.2 Å². The number of carbonyl (C=O) groups is 5. The topological polar surface area (TPSA) is 240 Å². The Morgan fingerprint density at radius 3 is 2.14 bits per heavy atom. The number of amides is 4. The summed E-state index contributed by atoms with van der Waals surface area (Å²) in [5, 5.41) is 25.8. The van der Waals surface area contributed by atoms with Crippen molar-refractivity contribution in [2.75, 3.05) is 13.1 Å². The molecule has 0 bridgehead atoms. The molecule has 0 spiro atoms. The molecule has 4 amide bonds. The van der Waals surface area contributed by atoms with E-state index >= 15 is 0 Å². The van der Waals surface area contributed by atoms with E-state index in [9.17, 15) is 34.2 Å². The number of hydrogen-bond donors (Lipinski definition) is 8. The summed E-state index contributed by atoms with van der Waals surface area (Å²) in [4.78, 5) is 59.6. The number of phenols is 1. The number of aromatic hydroxyl groups is 1. The molecule has 35 heavy (non-hydrogen) atoms. The third-order valence-corrected chi connectivity index (χ3v) is 5.05. The third kappa shape index (κ3) is 11.8. The van der Waals surface area contributed by atoms with E-state index in [0.29, 0.717) is 31.4 Å². The molecule has 194 valence electrons. The van der Waals surface area contributed by atoms with E-state index < -0.39 is 54.3 Å². The van der Waals surface area contributed by atoms with Crippen molar-refractivity contribution in [3.63, 3.8) is 0 Å². The number of hydrogen-bond acceptors (Lipinski definition) is 8. The Labute approximate surface area is 202 Å². The number of nitrogens with one attached hydrogen (secondary N) is 3.